The Bertz CT molecular complexity index is 312. The van der Waals surface area contributed by atoms with Gasteiger partial charge in [-0.3, -0.25) is 0 Å². The Morgan fingerprint density at radius 2 is 2.31 bits per heavy atom. The van der Waals surface area contributed by atoms with Crippen LogP contribution >= 0.6 is 15.9 Å². The number of hydrogen-bond donors (Lipinski definition) is 0. The minimum Gasteiger partial charge on any atom is -0.459 e. The molecule has 0 unspecified atom stereocenters. The first-order chi connectivity index (χ1) is 6.11. The summed E-state index contributed by atoms with van der Waals surface area (Å²) in [6.45, 7) is 3.62. The van der Waals surface area contributed by atoms with Crippen molar-refractivity contribution < 1.29 is 9.53 Å². The van der Waals surface area contributed by atoms with E-state index < -0.39 is 0 Å². The second kappa shape index (κ2) is 4.37. The average Bonchev–Trinajstić information content (AvgIpc) is 2.03. The molecule has 1 heterocycles. The minimum absolute atomic E-state index is 0.111. The molecule has 0 spiro atoms. The molecule has 0 aromatic carbocycles. The molecule has 0 saturated heterocycles. The van der Waals surface area contributed by atoms with Gasteiger partial charge in [-0.1, -0.05) is 0 Å². The topological polar surface area (TPSA) is 39.2 Å². The number of rotatable bonds is 2. The summed E-state index contributed by atoms with van der Waals surface area (Å²) in [5, 5.41) is 0. The predicted octanol–water partition coefficient (Wildman–Crippen LogP) is 2.41. The van der Waals surface area contributed by atoms with Crippen molar-refractivity contribution in [3.8, 4) is 0 Å². The lowest BCUT2D eigenvalue weighted by molar-refractivity contribution is 0.0376. The van der Waals surface area contributed by atoms with Gasteiger partial charge in [0.05, 0.1) is 11.7 Å². The van der Waals surface area contributed by atoms with Gasteiger partial charge in [-0.15, -0.1) is 0 Å². The van der Waals surface area contributed by atoms with E-state index in [2.05, 4.69) is 20.9 Å². The molecule has 4 heteroatoms. The molecule has 0 bridgehead atoms. The van der Waals surface area contributed by atoms with Crippen molar-refractivity contribution in [2.45, 2.75) is 20.0 Å². The summed E-state index contributed by atoms with van der Waals surface area (Å²) in [4.78, 5) is 15.3. The average molecular weight is 244 g/mol. The Morgan fingerprint density at radius 1 is 1.62 bits per heavy atom. The van der Waals surface area contributed by atoms with Gasteiger partial charge in [0, 0.05) is 6.20 Å². The standard InChI is InChI=1S/C9H10BrNO2/c1-6(2)13-9(12)7-4-3-5-11-8(7)10/h3-6H,1-2H3. The van der Waals surface area contributed by atoms with E-state index in [1.165, 1.54) is 0 Å². The summed E-state index contributed by atoms with van der Waals surface area (Å²) in [5.74, 6) is -0.352. The highest BCUT2D eigenvalue weighted by Gasteiger charge is 2.12. The number of pyridine rings is 1. The number of carbonyl (C=O) groups is 1. The van der Waals surface area contributed by atoms with E-state index in [0.29, 0.717) is 10.2 Å². The van der Waals surface area contributed by atoms with Crippen molar-refractivity contribution in [3.05, 3.63) is 28.5 Å². The van der Waals surface area contributed by atoms with Crippen LogP contribution in [0.2, 0.25) is 0 Å². The first kappa shape index (κ1) is 10.2. The van der Waals surface area contributed by atoms with Crippen molar-refractivity contribution in [3.63, 3.8) is 0 Å². The molecule has 0 aliphatic rings. The van der Waals surface area contributed by atoms with Gasteiger partial charge in [0.1, 0.15) is 4.60 Å². The second-order valence-corrected chi connectivity index (χ2v) is 3.55. The molecule has 70 valence electrons. The third-order valence-corrected chi connectivity index (χ3v) is 1.95. The fourth-order valence-electron chi connectivity index (χ4n) is 0.816. The van der Waals surface area contributed by atoms with Crippen LogP contribution in [0.4, 0.5) is 0 Å². The zero-order valence-corrected chi connectivity index (χ0v) is 9.04. The van der Waals surface area contributed by atoms with Crippen LogP contribution in [0.25, 0.3) is 0 Å². The number of aromatic nitrogens is 1. The SMILES string of the molecule is CC(C)OC(=O)c1cccnc1Br. The minimum atomic E-state index is -0.352. The van der Waals surface area contributed by atoms with E-state index in [4.69, 9.17) is 4.74 Å². The number of carbonyl (C=O) groups excluding carboxylic acids is 1. The van der Waals surface area contributed by atoms with Gasteiger partial charge in [-0.25, -0.2) is 9.78 Å². The quantitative estimate of drug-likeness (QED) is 0.592. The maximum absolute atomic E-state index is 11.4. The van der Waals surface area contributed by atoms with Crippen molar-refractivity contribution >= 4 is 21.9 Å². The molecule has 0 amide bonds. The summed E-state index contributed by atoms with van der Waals surface area (Å²) in [7, 11) is 0. The highest BCUT2D eigenvalue weighted by atomic mass is 79.9. The molecule has 0 fully saturated rings. The van der Waals surface area contributed by atoms with E-state index >= 15 is 0 Å². The van der Waals surface area contributed by atoms with E-state index in [1.54, 1.807) is 18.3 Å². The summed E-state index contributed by atoms with van der Waals surface area (Å²) in [6, 6.07) is 3.36. The summed E-state index contributed by atoms with van der Waals surface area (Å²) in [5.41, 5.74) is 0.455. The Hall–Kier alpha value is -0.900. The lowest BCUT2D eigenvalue weighted by Gasteiger charge is -2.07. The van der Waals surface area contributed by atoms with Crippen LogP contribution < -0.4 is 0 Å². The Balaban J connectivity index is 2.83. The highest BCUT2D eigenvalue weighted by Crippen LogP contribution is 2.14. The summed E-state index contributed by atoms with van der Waals surface area (Å²) >= 11 is 3.17. The van der Waals surface area contributed by atoms with Crippen LogP contribution in [0.5, 0.6) is 0 Å². The Kier molecular flexibility index (Phi) is 3.42. The van der Waals surface area contributed by atoms with E-state index in [1.807, 2.05) is 13.8 Å². The lowest BCUT2D eigenvalue weighted by atomic mass is 10.3. The van der Waals surface area contributed by atoms with Gasteiger partial charge in [-0.05, 0) is 41.9 Å². The maximum Gasteiger partial charge on any atom is 0.341 e. The van der Waals surface area contributed by atoms with Gasteiger partial charge >= 0.3 is 5.97 Å². The van der Waals surface area contributed by atoms with Crippen molar-refractivity contribution in [2.24, 2.45) is 0 Å². The van der Waals surface area contributed by atoms with E-state index in [0.717, 1.165) is 0 Å². The van der Waals surface area contributed by atoms with Gasteiger partial charge in [-0.2, -0.15) is 0 Å². The van der Waals surface area contributed by atoms with Crippen LogP contribution in [0, 0.1) is 0 Å². The smallest absolute Gasteiger partial charge is 0.341 e. The summed E-state index contributed by atoms with van der Waals surface area (Å²) < 4.78 is 5.52. The third kappa shape index (κ3) is 2.81. The fraction of sp³-hybridized carbons (Fsp3) is 0.333. The number of nitrogens with zero attached hydrogens (tertiary/aromatic N) is 1. The number of esters is 1. The van der Waals surface area contributed by atoms with Gasteiger partial charge < -0.3 is 4.74 Å². The Morgan fingerprint density at radius 3 is 2.85 bits per heavy atom. The third-order valence-electron chi connectivity index (χ3n) is 1.32. The molecular formula is C9H10BrNO2. The largest absolute Gasteiger partial charge is 0.459 e. The van der Waals surface area contributed by atoms with Crippen molar-refractivity contribution in [1.82, 2.24) is 4.98 Å². The zero-order valence-electron chi connectivity index (χ0n) is 7.45. The van der Waals surface area contributed by atoms with Gasteiger partial charge in [0.25, 0.3) is 0 Å². The molecule has 3 nitrogen and oxygen atoms in total. The van der Waals surface area contributed by atoms with E-state index in [9.17, 15) is 4.79 Å². The molecule has 0 saturated carbocycles. The van der Waals surface area contributed by atoms with Crippen LogP contribution in [0.3, 0.4) is 0 Å². The highest BCUT2D eigenvalue weighted by molar-refractivity contribution is 9.10. The molecule has 1 rings (SSSR count). The fourth-order valence-corrected chi connectivity index (χ4v) is 1.23. The zero-order chi connectivity index (χ0) is 9.84. The molecule has 13 heavy (non-hydrogen) atoms. The van der Waals surface area contributed by atoms with Crippen molar-refractivity contribution in [2.75, 3.05) is 0 Å². The molecule has 0 aliphatic heterocycles. The molecule has 1 aromatic heterocycles. The molecule has 0 atom stereocenters. The second-order valence-electron chi connectivity index (χ2n) is 2.80. The van der Waals surface area contributed by atoms with Crippen LogP contribution in [-0.4, -0.2) is 17.1 Å². The monoisotopic (exact) mass is 243 g/mol. The van der Waals surface area contributed by atoms with Crippen LogP contribution in [0.15, 0.2) is 22.9 Å². The number of halogens is 1. The van der Waals surface area contributed by atoms with Crippen molar-refractivity contribution in [1.29, 1.82) is 0 Å². The number of ether oxygens (including phenoxy) is 1. The lowest BCUT2D eigenvalue weighted by Crippen LogP contribution is -2.12. The van der Waals surface area contributed by atoms with Crippen LogP contribution in [-0.2, 0) is 4.74 Å². The molecule has 0 radical (unpaired) electrons. The predicted molar refractivity (Wildman–Crippen MR) is 52.5 cm³/mol. The normalized spacial score (nSPS) is 10.2. The van der Waals surface area contributed by atoms with Gasteiger partial charge in [0.2, 0.25) is 0 Å². The maximum atomic E-state index is 11.4. The number of hydrogen-bond acceptors (Lipinski definition) is 3. The molecule has 1 aromatic rings. The summed E-state index contributed by atoms with van der Waals surface area (Å²) in [6.07, 6.45) is 1.50. The molecule has 0 aliphatic carbocycles. The van der Waals surface area contributed by atoms with Crippen LogP contribution in [0.1, 0.15) is 24.2 Å². The van der Waals surface area contributed by atoms with Gasteiger partial charge in [0.15, 0.2) is 0 Å². The first-order valence-corrected chi connectivity index (χ1v) is 4.72. The molecular weight excluding hydrogens is 234 g/mol. The Labute approximate surface area is 85.3 Å². The van der Waals surface area contributed by atoms with E-state index in [-0.39, 0.29) is 12.1 Å². The first-order valence-electron chi connectivity index (χ1n) is 3.92. The molecule has 0 N–H and O–H groups in total.